The summed E-state index contributed by atoms with van der Waals surface area (Å²) in [4.78, 5) is 31.7. The Balaban J connectivity index is 1.72. The molecule has 36 heavy (non-hydrogen) atoms. The van der Waals surface area contributed by atoms with Crippen LogP contribution in [0.4, 0.5) is 13.9 Å². The number of Topliss-reactive ketones (excluding diaryl/α,β-unsaturated/α-hetero) is 1. The van der Waals surface area contributed by atoms with Gasteiger partial charge >= 0.3 is 5.91 Å². The summed E-state index contributed by atoms with van der Waals surface area (Å²) in [6, 6.07) is 12.8. The molecule has 2 heterocycles. The smallest absolute Gasteiger partial charge is 0.301 e. The van der Waals surface area contributed by atoms with Crippen LogP contribution in [-0.2, 0) is 9.59 Å². The van der Waals surface area contributed by atoms with Gasteiger partial charge in [0, 0.05) is 11.6 Å². The molecule has 5 rings (SSSR count). The highest BCUT2D eigenvalue weighted by Crippen LogP contribution is 2.45. The molecule has 1 amide bonds. The molecule has 1 saturated heterocycles. The van der Waals surface area contributed by atoms with Crippen molar-refractivity contribution in [2.45, 2.75) is 13.0 Å². The van der Waals surface area contributed by atoms with Crippen LogP contribution >= 0.6 is 11.3 Å². The van der Waals surface area contributed by atoms with Crippen LogP contribution in [0.1, 0.15) is 24.1 Å². The Morgan fingerprint density at radius 2 is 1.86 bits per heavy atom. The summed E-state index contributed by atoms with van der Waals surface area (Å²) < 4.78 is 33.8. The molecule has 1 atom stereocenters. The van der Waals surface area contributed by atoms with Crippen LogP contribution < -0.4 is 9.64 Å². The number of rotatable bonds is 5. The van der Waals surface area contributed by atoms with E-state index in [1.807, 2.05) is 0 Å². The molecule has 1 unspecified atom stereocenters. The number of thiazole rings is 1. The van der Waals surface area contributed by atoms with Crippen molar-refractivity contribution in [3.8, 4) is 11.5 Å². The Hall–Kier alpha value is -4.31. The molecule has 0 spiro atoms. The topological polar surface area (TPSA) is 100.0 Å². The summed E-state index contributed by atoms with van der Waals surface area (Å²) in [5.74, 6) is -3.69. The van der Waals surface area contributed by atoms with E-state index in [4.69, 9.17) is 4.74 Å². The molecule has 1 aliphatic rings. The van der Waals surface area contributed by atoms with Gasteiger partial charge in [0.1, 0.15) is 28.6 Å². The molecular formula is C26H18F2N2O5S. The number of carbonyl (C=O) groups is 2. The van der Waals surface area contributed by atoms with Crippen LogP contribution in [-0.4, -0.2) is 33.5 Å². The lowest BCUT2D eigenvalue weighted by molar-refractivity contribution is -0.132. The average Bonchev–Trinajstić information content (AvgIpc) is 3.38. The number of benzene rings is 3. The summed E-state index contributed by atoms with van der Waals surface area (Å²) in [5.41, 5.74) is 0.276. The fourth-order valence-corrected chi connectivity index (χ4v) is 5.14. The highest BCUT2D eigenvalue weighted by atomic mass is 32.1. The number of carbonyl (C=O) groups excluding carboxylic acids is 2. The summed E-state index contributed by atoms with van der Waals surface area (Å²) in [6.07, 6.45) is 0. The maximum Gasteiger partial charge on any atom is 0.301 e. The van der Waals surface area contributed by atoms with Crippen molar-refractivity contribution in [2.75, 3.05) is 11.5 Å². The van der Waals surface area contributed by atoms with Gasteiger partial charge in [0.05, 0.1) is 22.9 Å². The molecular weight excluding hydrogens is 490 g/mol. The number of hydrogen-bond donors (Lipinski definition) is 2. The first-order valence-corrected chi connectivity index (χ1v) is 11.7. The molecule has 4 aromatic rings. The van der Waals surface area contributed by atoms with Gasteiger partial charge in [-0.15, -0.1) is 0 Å². The zero-order valence-corrected chi connectivity index (χ0v) is 19.6. The van der Waals surface area contributed by atoms with E-state index in [1.165, 1.54) is 30.3 Å². The van der Waals surface area contributed by atoms with E-state index in [1.54, 1.807) is 25.1 Å². The van der Waals surface area contributed by atoms with Gasteiger partial charge in [-0.2, -0.15) is 0 Å². The molecule has 182 valence electrons. The van der Waals surface area contributed by atoms with Crippen LogP contribution in [0.15, 0.2) is 66.2 Å². The quantitative estimate of drug-likeness (QED) is 0.216. The van der Waals surface area contributed by atoms with Crippen molar-refractivity contribution in [2.24, 2.45) is 0 Å². The van der Waals surface area contributed by atoms with Gasteiger partial charge in [0.15, 0.2) is 10.9 Å². The SMILES string of the molecule is CCOc1cccc(/C(O)=C2\C(=O)C(=O)N(c3nc4c(F)cc(F)cc4s3)C2c2ccc(O)cc2)c1. The molecule has 1 fully saturated rings. The zero-order chi connectivity index (χ0) is 25.6. The lowest BCUT2D eigenvalue weighted by atomic mass is 9.95. The average molecular weight is 509 g/mol. The predicted octanol–water partition coefficient (Wildman–Crippen LogP) is 5.31. The predicted molar refractivity (Wildman–Crippen MR) is 130 cm³/mol. The van der Waals surface area contributed by atoms with Crippen LogP contribution in [0.3, 0.4) is 0 Å². The van der Waals surface area contributed by atoms with Gasteiger partial charge in [-0.25, -0.2) is 13.8 Å². The van der Waals surface area contributed by atoms with Crippen LogP contribution in [0, 0.1) is 11.6 Å². The van der Waals surface area contributed by atoms with Crippen LogP contribution in [0.25, 0.3) is 16.0 Å². The summed E-state index contributed by atoms with van der Waals surface area (Å²) in [5, 5.41) is 20.9. The molecule has 7 nitrogen and oxygen atoms in total. The van der Waals surface area contributed by atoms with E-state index in [0.29, 0.717) is 24.0 Å². The second kappa shape index (κ2) is 9.04. The third-order valence-corrected chi connectivity index (χ3v) is 6.68. The molecule has 0 radical (unpaired) electrons. The first-order valence-electron chi connectivity index (χ1n) is 10.9. The maximum atomic E-state index is 14.4. The van der Waals surface area contributed by atoms with Gasteiger partial charge in [-0.3, -0.25) is 14.5 Å². The summed E-state index contributed by atoms with van der Waals surface area (Å²) >= 11 is 0.837. The van der Waals surface area contributed by atoms with Gasteiger partial charge < -0.3 is 14.9 Å². The van der Waals surface area contributed by atoms with E-state index >= 15 is 0 Å². The Labute approximate surface area is 207 Å². The number of phenols is 1. The van der Waals surface area contributed by atoms with E-state index in [9.17, 15) is 28.6 Å². The number of phenolic OH excluding ortho intramolecular Hbond substituents is 1. The number of hydrogen-bond acceptors (Lipinski definition) is 7. The fraction of sp³-hybridized carbons (Fsp3) is 0.115. The highest BCUT2D eigenvalue weighted by Gasteiger charge is 2.48. The molecule has 3 aromatic carbocycles. The van der Waals surface area contributed by atoms with Gasteiger partial charge in [0.2, 0.25) is 0 Å². The van der Waals surface area contributed by atoms with E-state index in [-0.39, 0.29) is 32.2 Å². The first-order chi connectivity index (χ1) is 17.3. The number of nitrogens with zero attached hydrogens (tertiary/aromatic N) is 2. The van der Waals surface area contributed by atoms with E-state index in [2.05, 4.69) is 4.98 Å². The monoisotopic (exact) mass is 508 g/mol. The third-order valence-electron chi connectivity index (χ3n) is 5.68. The summed E-state index contributed by atoms with van der Waals surface area (Å²) in [6.45, 7) is 2.19. The van der Waals surface area contributed by atoms with Crippen molar-refractivity contribution in [1.29, 1.82) is 0 Å². The molecule has 10 heteroatoms. The molecule has 0 bridgehead atoms. The van der Waals surface area contributed by atoms with Crippen molar-refractivity contribution in [3.63, 3.8) is 0 Å². The molecule has 0 saturated carbocycles. The molecule has 1 aliphatic heterocycles. The fourth-order valence-electron chi connectivity index (χ4n) is 4.11. The van der Waals surface area contributed by atoms with Crippen molar-refractivity contribution in [3.05, 3.63) is 89.0 Å². The molecule has 0 aliphatic carbocycles. The minimum atomic E-state index is -1.14. The number of aliphatic hydroxyl groups excluding tert-OH is 1. The number of aliphatic hydroxyl groups is 1. The largest absolute Gasteiger partial charge is 0.508 e. The first kappa shape index (κ1) is 23.4. The minimum Gasteiger partial charge on any atom is -0.508 e. The lowest BCUT2D eigenvalue weighted by Gasteiger charge is -2.23. The number of amides is 1. The third kappa shape index (κ3) is 3.95. The molecule has 2 N–H and O–H groups in total. The second-order valence-corrected chi connectivity index (χ2v) is 8.96. The Morgan fingerprint density at radius 3 is 2.58 bits per heavy atom. The minimum absolute atomic E-state index is 0.0438. The van der Waals surface area contributed by atoms with Gasteiger partial charge in [0.25, 0.3) is 5.78 Å². The highest BCUT2D eigenvalue weighted by molar-refractivity contribution is 7.22. The number of anilines is 1. The van der Waals surface area contributed by atoms with Crippen LogP contribution in [0.5, 0.6) is 11.5 Å². The maximum absolute atomic E-state index is 14.4. The van der Waals surface area contributed by atoms with Gasteiger partial charge in [-0.1, -0.05) is 35.6 Å². The van der Waals surface area contributed by atoms with Crippen molar-refractivity contribution >= 4 is 44.1 Å². The van der Waals surface area contributed by atoms with Crippen molar-refractivity contribution < 1.29 is 33.3 Å². The van der Waals surface area contributed by atoms with Crippen molar-refractivity contribution in [1.82, 2.24) is 4.98 Å². The zero-order valence-electron chi connectivity index (χ0n) is 18.7. The summed E-state index contributed by atoms with van der Waals surface area (Å²) in [7, 11) is 0. The number of fused-ring (bicyclic) bond motifs is 1. The normalized spacial score (nSPS) is 17.2. The van der Waals surface area contributed by atoms with E-state index < -0.39 is 35.1 Å². The number of aromatic nitrogens is 1. The number of aromatic hydroxyl groups is 1. The Morgan fingerprint density at radius 1 is 1.11 bits per heavy atom. The Kier molecular flexibility index (Phi) is 5.89. The lowest BCUT2D eigenvalue weighted by Crippen LogP contribution is -2.29. The number of halogens is 2. The standard InChI is InChI=1S/C26H18F2N2O5S/c1-2-35-17-5-3-4-14(10-17)23(32)20-22(13-6-8-16(31)9-7-13)30(25(34)24(20)33)26-29-21-18(28)11-15(27)12-19(21)36-26/h3-12,22,31-32H,2H2,1H3/b23-20+. The van der Waals surface area contributed by atoms with E-state index in [0.717, 1.165) is 22.3 Å². The van der Waals surface area contributed by atoms with Gasteiger partial charge in [-0.05, 0) is 42.8 Å². The second-order valence-electron chi connectivity index (χ2n) is 7.95. The number of ether oxygens (including phenoxy) is 1. The number of ketones is 1. The van der Waals surface area contributed by atoms with Crippen LogP contribution in [0.2, 0.25) is 0 Å². The molecule has 1 aromatic heterocycles. The Bertz CT molecular complexity index is 1550.